The largest absolute Gasteiger partial charge is 0.465 e. The topological polar surface area (TPSA) is 74.7 Å². The van der Waals surface area contributed by atoms with Crippen molar-refractivity contribution in [3.63, 3.8) is 0 Å². The predicted octanol–water partition coefficient (Wildman–Crippen LogP) is 3.41. The molecule has 0 saturated carbocycles. The Balaban J connectivity index is 1.88. The van der Waals surface area contributed by atoms with Crippen LogP contribution < -0.4 is 0 Å². The third kappa shape index (κ3) is 3.14. The minimum absolute atomic E-state index is 0.252. The van der Waals surface area contributed by atoms with Gasteiger partial charge in [0.25, 0.3) is 0 Å². The molecule has 0 radical (unpaired) electrons. The Morgan fingerprint density at radius 3 is 2.35 bits per heavy atom. The van der Waals surface area contributed by atoms with Crippen LogP contribution in [-0.4, -0.2) is 42.9 Å². The maximum Gasteiger partial charge on any atom is 0.407 e. The van der Waals surface area contributed by atoms with Gasteiger partial charge in [0, 0.05) is 18.1 Å². The molecule has 1 fully saturated rings. The van der Waals surface area contributed by atoms with E-state index in [1.165, 1.54) is 4.90 Å². The first-order valence-corrected chi connectivity index (χ1v) is 9.21. The molecule has 0 spiro atoms. The molecule has 1 aliphatic rings. The molecule has 0 unspecified atom stereocenters. The number of hydrogen-bond acceptors (Lipinski definition) is 3. The van der Waals surface area contributed by atoms with E-state index in [1.54, 1.807) is 36.4 Å². The summed E-state index contributed by atoms with van der Waals surface area (Å²) >= 11 is 5.94. The molecular weight excluding hydrogens is 338 g/mol. The third-order valence-electron chi connectivity index (χ3n) is 4.25. The normalized spacial score (nSPS) is 16.7. The Morgan fingerprint density at radius 1 is 1.09 bits per heavy atom. The molecule has 5 nitrogen and oxygen atoms in total. The first-order chi connectivity index (χ1) is 10.9. The monoisotopic (exact) mass is 353 g/mol. The molecule has 0 atom stereocenters. The zero-order valence-electron chi connectivity index (χ0n) is 12.3. The second kappa shape index (κ2) is 6.02. The maximum atomic E-state index is 12.8. The molecule has 7 heteroatoms. The number of fused-ring (bicyclic) bond motifs is 1. The summed E-state index contributed by atoms with van der Waals surface area (Å²) < 4.78 is 25.6. The van der Waals surface area contributed by atoms with E-state index < -0.39 is 21.2 Å². The summed E-state index contributed by atoms with van der Waals surface area (Å²) in [6.07, 6.45) is -0.343. The fourth-order valence-corrected chi connectivity index (χ4v) is 4.87. The van der Waals surface area contributed by atoms with Crippen LogP contribution in [0.3, 0.4) is 0 Å². The van der Waals surface area contributed by atoms with Crippen molar-refractivity contribution in [2.24, 2.45) is 0 Å². The van der Waals surface area contributed by atoms with Gasteiger partial charge in [0.1, 0.15) is 0 Å². The van der Waals surface area contributed by atoms with Gasteiger partial charge in [0.2, 0.25) is 0 Å². The van der Waals surface area contributed by atoms with Crippen molar-refractivity contribution in [3.8, 4) is 0 Å². The minimum atomic E-state index is -3.47. The van der Waals surface area contributed by atoms with Crippen LogP contribution >= 0.6 is 11.6 Å². The van der Waals surface area contributed by atoms with Gasteiger partial charge in [-0.1, -0.05) is 23.7 Å². The zero-order chi connectivity index (χ0) is 16.6. The summed E-state index contributed by atoms with van der Waals surface area (Å²) in [6.45, 7) is 0.505. The van der Waals surface area contributed by atoms with Crippen LogP contribution in [0.25, 0.3) is 10.8 Å². The summed E-state index contributed by atoms with van der Waals surface area (Å²) in [5.74, 6) is 0. The zero-order valence-corrected chi connectivity index (χ0v) is 13.8. The Bertz CT molecular complexity index is 858. The Kier molecular flexibility index (Phi) is 4.21. The van der Waals surface area contributed by atoms with E-state index in [4.69, 9.17) is 16.7 Å². The molecule has 23 heavy (non-hydrogen) atoms. The standard InChI is InChI=1S/C16H16ClNO4S/c17-13-3-1-12-10-15(4-2-11(12)9-13)23(21,22)14-5-7-18(8-6-14)16(19)20/h1-4,9-10,14H,5-8H2,(H,19,20). The van der Waals surface area contributed by atoms with Crippen molar-refractivity contribution in [3.05, 3.63) is 41.4 Å². The number of rotatable bonds is 2. The van der Waals surface area contributed by atoms with Crippen molar-refractivity contribution in [2.75, 3.05) is 13.1 Å². The van der Waals surface area contributed by atoms with E-state index in [9.17, 15) is 13.2 Å². The molecule has 2 aromatic carbocycles. The molecule has 1 saturated heterocycles. The number of sulfone groups is 1. The molecule has 1 aliphatic heterocycles. The quantitative estimate of drug-likeness (QED) is 0.897. The van der Waals surface area contributed by atoms with Crippen LogP contribution in [0.1, 0.15) is 12.8 Å². The summed E-state index contributed by atoms with van der Waals surface area (Å²) in [6, 6.07) is 10.3. The van der Waals surface area contributed by atoms with E-state index in [-0.39, 0.29) is 18.0 Å². The fraction of sp³-hybridized carbons (Fsp3) is 0.312. The van der Waals surface area contributed by atoms with Crippen molar-refractivity contribution in [1.82, 2.24) is 4.90 Å². The van der Waals surface area contributed by atoms with Crippen LogP contribution in [0.15, 0.2) is 41.3 Å². The van der Waals surface area contributed by atoms with Gasteiger partial charge in [-0.05, 0) is 47.9 Å². The van der Waals surface area contributed by atoms with Crippen LogP contribution in [0, 0.1) is 0 Å². The van der Waals surface area contributed by atoms with Crippen molar-refractivity contribution in [2.45, 2.75) is 23.0 Å². The van der Waals surface area contributed by atoms with E-state index >= 15 is 0 Å². The average Bonchev–Trinajstić information content (AvgIpc) is 2.54. The van der Waals surface area contributed by atoms with Crippen LogP contribution in [-0.2, 0) is 9.84 Å². The Hall–Kier alpha value is -1.79. The van der Waals surface area contributed by atoms with Crippen molar-refractivity contribution >= 4 is 38.3 Å². The number of carbonyl (C=O) groups is 1. The molecular formula is C16H16ClNO4S. The highest BCUT2D eigenvalue weighted by molar-refractivity contribution is 7.92. The molecule has 0 aromatic heterocycles. The minimum Gasteiger partial charge on any atom is -0.465 e. The van der Waals surface area contributed by atoms with Gasteiger partial charge >= 0.3 is 6.09 Å². The van der Waals surface area contributed by atoms with Crippen molar-refractivity contribution < 1.29 is 18.3 Å². The Morgan fingerprint density at radius 2 is 1.70 bits per heavy atom. The lowest BCUT2D eigenvalue weighted by atomic mass is 10.1. The summed E-state index contributed by atoms with van der Waals surface area (Å²) in [5, 5.41) is 10.7. The number of hydrogen-bond donors (Lipinski definition) is 1. The number of nitrogens with zero attached hydrogens (tertiary/aromatic N) is 1. The molecule has 1 amide bonds. The van der Waals surface area contributed by atoms with Gasteiger partial charge in [0.15, 0.2) is 9.84 Å². The van der Waals surface area contributed by atoms with Gasteiger partial charge in [-0.3, -0.25) is 0 Å². The summed E-state index contributed by atoms with van der Waals surface area (Å²) in [5.41, 5.74) is 0. The smallest absolute Gasteiger partial charge is 0.407 e. The van der Waals surface area contributed by atoms with Crippen LogP contribution in [0.5, 0.6) is 0 Å². The first kappa shape index (κ1) is 16.1. The summed E-state index contributed by atoms with van der Waals surface area (Å²) in [7, 11) is -3.47. The number of likely N-dealkylation sites (tertiary alicyclic amines) is 1. The molecule has 2 aromatic rings. The summed E-state index contributed by atoms with van der Waals surface area (Å²) in [4.78, 5) is 12.5. The second-order valence-electron chi connectivity index (χ2n) is 5.67. The number of piperidine rings is 1. The Labute approximate surface area is 139 Å². The van der Waals surface area contributed by atoms with Gasteiger partial charge in [-0.25, -0.2) is 13.2 Å². The number of benzene rings is 2. The van der Waals surface area contributed by atoms with Crippen molar-refractivity contribution in [1.29, 1.82) is 0 Å². The molecule has 1 heterocycles. The lowest BCUT2D eigenvalue weighted by Gasteiger charge is -2.29. The van der Waals surface area contributed by atoms with Gasteiger partial charge in [-0.2, -0.15) is 0 Å². The van der Waals surface area contributed by atoms with E-state index in [0.717, 1.165) is 10.8 Å². The maximum absolute atomic E-state index is 12.8. The van der Waals surface area contributed by atoms with Gasteiger partial charge < -0.3 is 10.0 Å². The highest BCUT2D eigenvalue weighted by Gasteiger charge is 2.32. The first-order valence-electron chi connectivity index (χ1n) is 7.29. The SMILES string of the molecule is O=C(O)N1CCC(S(=O)(=O)c2ccc3cc(Cl)ccc3c2)CC1. The van der Waals surface area contributed by atoms with E-state index in [2.05, 4.69) is 0 Å². The lowest BCUT2D eigenvalue weighted by molar-refractivity contribution is 0.136. The molecule has 0 bridgehead atoms. The predicted molar refractivity (Wildman–Crippen MR) is 88.8 cm³/mol. The molecule has 0 aliphatic carbocycles. The number of halogens is 1. The molecule has 1 N–H and O–H groups in total. The van der Waals surface area contributed by atoms with Gasteiger partial charge in [-0.15, -0.1) is 0 Å². The fourth-order valence-electron chi connectivity index (χ4n) is 2.92. The van der Waals surface area contributed by atoms with Gasteiger partial charge in [0.05, 0.1) is 10.1 Å². The van der Waals surface area contributed by atoms with Crippen LogP contribution in [0.4, 0.5) is 4.79 Å². The number of carboxylic acid groups (broad SMARTS) is 1. The highest BCUT2D eigenvalue weighted by atomic mass is 35.5. The molecule has 122 valence electrons. The van der Waals surface area contributed by atoms with E-state index in [1.807, 2.05) is 0 Å². The average molecular weight is 354 g/mol. The highest BCUT2D eigenvalue weighted by Crippen LogP contribution is 2.28. The van der Waals surface area contributed by atoms with Crippen LogP contribution in [0.2, 0.25) is 5.02 Å². The lowest BCUT2D eigenvalue weighted by Crippen LogP contribution is -2.41. The molecule has 3 rings (SSSR count). The second-order valence-corrected chi connectivity index (χ2v) is 8.33. The van der Waals surface area contributed by atoms with E-state index in [0.29, 0.717) is 17.9 Å². The number of amides is 1. The third-order valence-corrected chi connectivity index (χ3v) is 6.75.